The van der Waals surface area contributed by atoms with Crippen molar-refractivity contribution >= 4 is 32.2 Å². The summed E-state index contributed by atoms with van der Waals surface area (Å²) in [5, 5.41) is 20.0. The molecule has 0 amide bonds. The topological polar surface area (TPSA) is 76.0 Å². The Hall–Kier alpha value is -2.75. The molecule has 0 saturated carbocycles. The number of benzene rings is 4. The van der Waals surface area contributed by atoms with Crippen LogP contribution in [0.1, 0.15) is 261 Å². The summed E-state index contributed by atoms with van der Waals surface area (Å²) in [6, 6.07) is 28.4. The molecule has 0 unspecified atom stereocenters. The first-order valence-corrected chi connectivity index (χ1v) is 32.2. The quantitative estimate of drug-likeness (QED) is 0.138. The van der Waals surface area contributed by atoms with Gasteiger partial charge in [0.2, 0.25) is 0 Å². The smallest absolute Gasteiger partial charge is 0.170 e. The van der Waals surface area contributed by atoms with Crippen molar-refractivity contribution in [3.05, 3.63) is 106 Å². The lowest BCUT2D eigenvalue weighted by atomic mass is 9.82. The van der Waals surface area contributed by atoms with Crippen molar-refractivity contribution in [2.75, 3.05) is 26.4 Å². The molecule has 4 aromatic carbocycles. The summed E-state index contributed by atoms with van der Waals surface area (Å²) in [7, 11) is -1.04. The van der Waals surface area contributed by atoms with Gasteiger partial charge in [0.15, 0.2) is 5.79 Å². The maximum absolute atomic E-state index is 12.6. The third-order valence-corrected chi connectivity index (χ3v) is 23.7. The van der Waals surface area contributed by atoms with Gasteiger partial charge in [-0.25, -0.2) is 0 Å². The second-order valence-corrected chi connectivity index (χ2v) is 36.6. The van der Waals surface area contributed by atoms with Crippen molar-refractivity contribution in [3.8, 4) is 22.3 Å². The number of carbonyl (C=O) groups is 1. The minimum absolute atomic E-state index is 0.00185. The molecule has 3 aliphatic rings. The fourth-order valence-corrected chi connectivity index (χ4v) is 21.6. The second-order valence-electron chi connectivity index (χ2n) is 29.4. The van der Waals surface area contributed by atoms with E-state index in [9.17, 15) is 4.79 Å². The monoisotopic (exact) mass is 1090 g/mol. The predicted molar refractivity (Wildman–Crippen MR) is 338 cm³/mol. The Morgan fingerprint density at radius 3 is 1.05 bits per heavy atom. The van der Waals surface area contributed by atoms with E-state index in [2.05, 4.69) is 225 Å². The van der Waals surface area contributed by atoms with Gasteiger partial charge in [-0.15, -0.1) is 0 Å². The van der Waals surface area contributed by atoms with Gasteiger partial charge in [0.25, 0.3) is 0 Å². The molecule has 0 atom stereocenters. The zero-order valence-electron chi connectivity index (χ0n) is 53.1. The lowest BCUT2D eigenvalue weighted by Gasteiger charge is -2.59. The maximum Gasteiger partial charge on any atom is 0.170 e. The van der Waals surface area contributed by atoms with Crippen LogP contribution in [0.15, 0.2) is 72.8 Å². The number of aliphatic hydroxyl groups is 2. The predicted octanol–water partition coefficient (Wildman–Crippen LogP) is 18.7. The number of carbonyl (C=O) groups excluding carboxylic acids is 1. The molecule has 0 bridgehead atoms. The minimum atomic E-state index is -0.529. The molecule has 7 heteroatoms. The molecular formula is C70H108O5P2. The Kier molecular flexibility index (Phi) is 20.9. The van der Waals surface area contributed by atoms with Crippen molar-refractivity contribution in [3.63, 3.8) is 0 Å². The first-order chi connectivity index (χ1) is 35.4. The summed E-state index contributed by atoms with van der Waals surface area (Å²) in [6.45, 7) is 56.9. The highest BCUT2D eigenvalue weighted by Crippen LogP contribution is 2.69. The summed E-state index contributed by atoms with van der Waals surface area (Å²) in [6.07, 6.45) is 3.27. The summed E-state index contributed by atoms with van der Waals surface area (Å²) in [5.74, 6) is 2.82. The van der Waals surface area contributed by atoms with Crippen molar-refractivity contribution in [2.24, 2.45) is 10.8 Å². The number of aliphatic hydroxyl groups excluding tert-OH is 2. The molecule has 3 saturated heterocycles. The minimum Gasteiger partial charge on any atom is -0.396 e. The molecular weight excluding hydrogens is 983 g/mol. The van der Waals surface area contributed by atoms with Crippen LogP contribution in [0.3, 0.4) is 0 Å². The van der Waals surface area contributed by atoms with Crippen LogP contribution in [-0.4, -0.2) is 68.8 Å². The summed E-state index contributed by atoms with van der Waals surface area (Å²) in [5.41, 5.74) is 14.4. The molecule has 0 aromatic heterocycles. The number of hydrogen-bond acceptors (Lipinski definition) is 5. The Morgan fingerprint density at radius 1 is 0.481 bits per heavy atom. The highest BCUT2D eigenvalue weighted by Gasteiger charge is 2.58. The van der Waals surface area contributed by atoms with Crippen LogP contribution in [-0.2, 0) is 14.3 Å². The average molecular weight is 1090 g/mol. The van der Waals surface area contributed by atoms with Gasteiger partial charge in [-0.3, -0.25) is 4.79 Å². The highest BCUT2D eigenvalue weighted by molar-refractivity contribution is 7.69. The lowest BCUT2D eigenvalue weighted by Crippen LogP contribution is -2.58. The molecule has 428 valence electrons. The lowest BCUT2D eigenvalue weighted by molar-refractivity contribution is -0.310. The summed E-state index contributed by atoms with van der Waals surface area (Å²) >= 11 is 0. The number of hydrogen-bond donors (Lipinski definition) is 2. The van der Waals surface area contributed by atoms with E-state index in [1.54, 1.807) is 19.2 Å². The van der Waals surface area contributed by atoms with Crippen LogP contribution in [0, 0.1) is 10.8 Å². The molecule has 1 spiro atoms. The fourth-order valence-electron chi connectivity index (χ4n) is 13.0. The third kappa shape index (κ3) is 15.0. The van der Waals surface area contributed by atoms with Crippen LogP contribution in [0.4, 0.5) is 0 Å². The van der Waals surface area contributed by atoms with Crippen LogP contribution < -0.4 is 10.6 Å². The Balaban J connectivity index is 0.000000255. The summed E-state index contributed by atoms with van der Waals surface area (Å²) < 4.78 is 13.2. The zero-order valence-corrected chi connectivity index (χ0v) is 54.9. The van der Waals surface area contributed by atoms with E-state index in [-0.39, 0.29) is 44.7 Å². The molecule has 2 N–H and O–H groups in total. The van der Waals surface area contributed by atoms with Crippen molar-refractivity contribution < 1.29 is 24.5 Å². The molecule has 3 fully saturated rings. The first kappa shape index (κ1) is 65.1. The fraction of sp³-hybridized carbons (Fsp3) is 0.643. The molecule has 4 aromatic rings. The maximum atomic E-state index is 12.6. The normalized spacial score (nSPS) is 20.0. The number of Topliss-reactive ketones (excluding diaryl/α,β-unsaturated/α-hetero) is 1. The van der Waals surface area contributed by atoms with E-state index < -0.39 is 21.6 Å². The van der Waals surface area contributed by atoms with E-state index in [1.807, 2.05) is 0 Å². The molecule has 0 radical (unpaired) electrons. The van der Waals surface area contributed by atoms with Crippen molar-refractivity contribution in [1.82, 2.24) is 0 Å². The SMILES string of the molecule is CC(C)(CO)CO.CC(C)c1cc(C(C)C)c(-c2ccccc2P2C(C)(C)CC(=O)CC2(C)C)c(C(C)C)c1.CC(C)c1cc(C(C)C)c(-c2ccccc2P2C(C)(C)CC3(CC2(C)C)OCC(C)(C)CO3)c(C(C)C)c1. The Morgan fingerprint density at radius 2 is 0.779 bits per heavy atom. The highest BCUT2D eigenvalue weighted by atomic mass is 31.1. The standard InChI is InChI=1S/C35H53O2P.C30H43OP.C5H12O2/c1-23(2)26-17-28(24(3)4)31(29(18-26)25(5)6)27-15-13-14-16-30(27)38-33(9,10)19-35(20-34(38,11)12)36-21-32(7,8)22-37-35;1-19(2)22-15-25(20(3)4)28(26(16-22)21(5)6)24-13-11-12-14-27(24)32-29(7,8)17-23(31)18-30(32,9)10;1-5(2,3-6)4-7/h13-18,23-25H,19-22H2,1-12H3;11-16,19-21H,17-18H2,1-10H3;6-7H,3-4H2,1-2H3. The van der Waals surface area contributed by atoms with E-state index in [0.717, 1.165) is 26.1 Å². The van der Waals surface area contributed by atoms with Gasteiger partial charge in [-0.05, 0) is 122 Å². The van der Waals surface area contributed by atoms with E-state index in [4.69, 9.17) is 19.7 Å². The van der Waals surface area contributed by atoms with Gasteiger partial charge in [-0.1, -0.05) is 255 Å². The number of rotatable bonds is 12. The average Bonchev–Trinajstić information content (AvgIpc) is 3.30. The van der Waals surface area contributed by atoms with Crippen molar-refractivity contribution in [1.29, 1.82) is 0 Å². The van der Waals surface area contributed by atoms with Crippen LogP contribution >= 0.6 is 15.8 Å². The van der Waals surface area contributed by atoms with Gasteiger partial charge in [0.1, 0.15) is 5.78 Å². The Bertz CT molecular complexity index is 2530. The second kappa shape index (κ2) is 24.8. The van der Waals surface area contributed by atoms with Crippen LogP contribution in [0.5, 0.6) is 0 Å². The molecule has 5 nitrogen and oxygen atoms in total. The van der Waals surface area contributed by atoms with E-state index in [1.165, 1.54) is 60.9 Å². The van der Waals surface area contributed by atoms with E-state index in [0.29, 0.717) is 54.1 Å². The first-order valence-electron chi connectivity index (χ1n) is 29.5. The molecule has 77 heavy (non-hydrogen) atoms. The van der Waals surface area contributed by atoms with Crippen LogP contribution in [0.2, 0.25) is 0 Å². The Labute approximate surface area is 473 Å². The molecule has 3 aliphatic heterocycles. The van der Waals surface area contributed by atoms with Gasteiger partial charge >= 0.3 is 0 Å². The largest absolute Gasteiger partial charge is 0.396 e. The van der Waals surface area contributed by atoms with E-state index >= 15 is 0 Å². The number of ether oxygens (including phenoxy) is 2. The molecule has 7 rings (SSSR count). The van der Waals surface area contributed by atoms with Gasteiger partial charge in [0.05, 0.1) is 26.4 Å². The third-order valence-electron chi connectivity index (χ3n) is 16.5. The molecule has 3 heterocycles. The van der Waals surface area contributed by atoms with Gasteiger partial charge in [0, 0.05) is 36.5 Å². The van der Waals surface area contributed by atoms with Crippen molar-refractivity contribution in [2.45, 2.75) is 254 Å². The molecule has 0 aliphatic carbocycles. The van der Waals surface area contributed by atoms with Gasteiger partial charge < -0.3 is 19.7 Å². The van der Waals surface area contributed by atoms with Gasteiger partial charge in [-0.2, -0.15) is 0 Å². The number of ketones is 1. The van der Waals surface area contributed by atoms with Crippen LogP contribution in [0.25, 0.3) is 22.3 Å². The zero-order chi connectivity index (χ0) is 58.2. The summed E-state index contributed by atoms with van der Waals surface area (Å²) in [4.78, 5) is 12.6.